The third kappa shape index (κ3) is 5.42. The average molecular weight is 481 g/mol. The molecule has 3 aromatic rings. The molecule has 1 fully saturated rings. The lowest BCUT2D eigenvalue weighted by Crippen LogP contribution is -2.14. The Morgan fingerprint density at radius 2 is 1.57 bits per heavy atom. The number of esters is 1. The maximum absolute atomic E-state index is 14.8. The number of ether oxygens (including phenoxy) is 2. The van der Waals surface area contributed by atoms with Gasteiger partial charge in [0.1, 0.15) is 0 Å². The summed E-state index contributed by atoms with van der Waals surface area (Å²) in [6.45, 7) is 5.94. The summed E-state index contributed by atoms with van der Waals surface area (Å²) >= 11 is 0. The summed E-state index contributed by atoms with van der Waals surface area (Å²) in [5.74, 6) is -3.36. The summed E-state index contributed by atoms with van der Waals surface area (Å²) in [5.41, 5.74) is 1.76. The first-order valence-corrected chi connectivity index (χ1v) is 11.8. The maximum atomic E-state index is 14.8. The van der Waals surface area contributed by atoms with E-state index in [9.17, 15) is 18.0 Å². The smallest absolute Gasteiger partial charge is 0.343 e. The number of rotatable bonds is 7. The first kappa shape index (κ1) is 24.6. The van der Waals surface area contributed by atoms with Crippen LogP contribution in [0.4, 0.5) is 13.2 Å². The van der Waals surface area contributed by atoms with Gasteiger partial charge in [0, 0.05) is 0 Å². The minimum Gasteiger partial charge on any atom is -0.491 e. The third-order valence-corrected chi connectivity index (χ3v) is 6.51. The summed E-state index contributed by atoms with van der Waals surface area (Å²) in [6, 6.07) is 13.7. The number of allylic oxidation sites excluding steroid dienone is 1. The SMILES string of the molecule is C=CC1CCC(c2ccc(OC(=O)c3ccc(-c4ccc(OCC)c(F)c4)cc3)c(F)c2F)CC1. The van der Waals surface area contributed by atoms with Crippen molar-refractivity contribution in [3.63, 3.8) is 0 Å². The highest BCUT2D eigenvalue weighted by molar-refractivity contribution is 5.91. The molecule has 0 amide bonds. The quantitative estimate of drug-likeness (QED) is 0.196. The van der Waals surface area contributed by atoms with E-state index in [-0.39, 0.29) is 17.2 Å². The predicted molar refractivity (Wildman–Crippen MR) is 129 cm³/mol. The fourth-order valence-corrected chi connectivity index (χ4v) is 4.52. The molecule has 0 spiro atoms. The molecule has 0 saturated heterocycles. The topological polar surface area (TPSA) is 35.5 Å². The molecule has 0 radical (unpaired) electrons. The van der Waals surface area contributed by atoms with Crippen LogP contribution in [-0.2, 0) is 0 Å². The fourth-order valence-electron chi connectivity index (χ4n) is 4.52. The Hall–Kier alpha value is -3.54. The number of carbonyl (C=O) groups excluding carboxylic acids is 1. The van der Waals surface area contributed by atoms with E-state index >= 15 is 0 Å². The first-order valence-electron chi connectivity index (χ1n) is 11.8. The van der Waals surface area contributed by atoms with E-state index in [1.807, 2.05) is 6.08 Å². The van der Waals surface area contributed by atoms with Crippen LogP contribution >= 0.6 is 0 Å². The Balaban J connectivity index is 1.45. The number of hydrogen-bond donors (Lipinski definition) is 0. The Kier molecular flexibility index (Phi) is 7.59. The van der Waals surface area contributed by atoms with Gasteiger partial charge < -0.3 is 9.47 Å². The van der Waals surface area contributed by atoms with E-state index in [2.05, 4.69) is 6.58 Å². The Bertz CT molecular complexity index is 1210. The van der Waals surface area contributed by atoms with Crippen molar-refractivity contribution in [2.45, 2.75) is 38.5 Å². The lowest BCUT2D eigenvalue weighted by Gasteiger charge is -2.27. The van der Waals surface area contributed by atoms with Gasteiger partial charge in [-0.05, 0) is 91.5 Å². The van der Waals surface area contributed by atoms with Crippen molar-refractivity contribution in [1.29, 1.82) is 0 Å². The van der Waals surface area contributed by atoms with Gasteiger partial charge in [0.05, 0.1) is 12.2 Å². The van der Waals surface area contributed by atoms with Crippen molar-refractivity contribution in [3.05, 3.63) is 95.8 Å². The monoisotopic (exact) mass is 480 g/mol. The van der Waals surface area contributed by atoms with Crippen molar-refractivity contribution in [1.82, 2.24) is 0 Å². The molecular formula is C29H27F3O3. The van der Waals surface area contributed by atoms with Gasteiger partial charge in [-0.2, -0.15) is 4.39 Å². The molecule has 0 heterocycles. The van der Waals surface area contributed by atoms with Crippen molar-refractivity contribution in [3.8, 4) is 22.6 Å². The van der Waals surface area contributed by atoms with Crippen molar-refractivity contribution in [2.75, 3.05) is 6.61 Å². The number of carbonyl (C=O) groups is 1. The van der Waals surface area contributed by atoms with E-state index in [1.165, 1.54) is 30.3 Å². The van der Waals surface area contributed by atoms with Crippen molar-refractivity contribution in [2.24, 2.45) is 5.92 Å². The summed E-state index contributed by atoms with van der Waals surface area (Å²) in [6.07, 6.45) is 5.22. The zero-order valence-electron chi connectivity index (χ0n) is 19.5. The van der Waals surface area contributed by atoms with Gasteiger partial charge in [-0.3, -0.25) is 0 Å². The zero-order chi connectivity index (χ0) is 24.9. The fraction of sp³-hybridized carbons (Fsp3) is 0.276. The van der Waals surface area contributed by atoms with Crippen LogP contribution in [-0.4, -0.2) is 12.6 Å². The van der Waals surface area contributed by atoms with Crippen LogP contribution in [0.25, 0.3) is 11.1 Å². The molecule has 3 nitrogen and oxygen atoms in total. The highest BCUT2D eigenvalue weighted by Crippen LogP contribution is 2.39. The molecule has 1 aliphatic rings. The summed E-state index contributed by atoms with van der Waals surface area (Å²) < 4.78 is 54.0. The van der Waals surface area contributed by atoms with Crippen LogP contribution in [0.3, 0.4) is 0 Å². The lowest BCUT2D eigenvalue weighted by molar-refractivity contribution is 0.0726. The summed E-state index contributed by atoms with van der Waals surface area (Å²) in [7, 11) is 0. The van der Waals surface area contributed by atoms with Gasteiger partial charge in [0.15, 0.2) is 23.1 Å². The van der Waals surface area contributed by atoms with E-state index in [0.29, 0.717) is 29.2 Å². The molecule has 0 aliphatic heterocycles. The van der Waals surface area contributed by atoms with Crippen LogP contribution in [0.2, 0.25) is 0 Å². The Morgan fingerprint density at radius 3 is 2.20 bits per heavy atom. The Labute approximate surface area is 203 Å². The molecule has 0 aromatic heterocycles. The van der Waals surface area contributed by atoms with Gasteiger partial charge >= 0.3 is 5.97 Å². The molecule has 1 saturated carbocycles. The molecule has 4 rings (SSSR count). The van der Waals surface area contributed by atoms with E-state index in [1.54, 1.807) is 31.2 Å². The second kappa shape index (κ2) is 10.8. The van der Waals surface area contributed by atoms with Crippen LogP contribution in [0.1, 0.15) is 54.4 Å². The minimum absolute atomic E-state index is 0.0644. The average Bonchev–Trinajstić information content (AvgIpc) is 2.88. The highest BCUT2D eigenvalue weighted by atomic mass is 19.2. The lowest BCUT2D eigenvalue weighted by atomic mass is 9.78. The zero-order valence-corrected chi connectivity index (χ0v) is 19.5. The number of benzene rings is 3. The molecule has 3 aromatic carbocycles. The molecule has 35 heavy (non-hydrogen) atoms. The van der Waals surface area contributed by atoms with Crippen LogP contribution in [0.15, 0.2) is 67.3 Å². The first-order chi connectivity index (χ1) is 16.9. The molecule has 182 valence electrons. The molecule has 0 bridgehead atoms. The summed E-state index contributed by atoms with van der Waals surface area (Å²) in [5, 5.41) is 0. The van der Waals surface area contributed by atoms with Crippen molar-refractivity contribution >= 4 is 5.97 Å². The van der Waals surface area contributed by atoms with E-state index < -0.39 is 29.2 Å². The summed E-state index contributed by atoms with van der Waals surface area (Å²) in [4.78, 5) is 12.6. The molecule has 0 unspecified atom stereocenters. The molecular weight excluding hydrogens is 453 g/mol. The van der Waals surface area contributed by atoms with Crippen LogP contribution in [0.5, 0.6) is 11.5 Å². The largest absolute Gasteiger partial charge is 0.491 e. The normalized spacial score (nSPS) is 17.6. The third-order valence-electron chi connectivity index (χ3n) is 6.51. The van der Waals surface area contributed by atoms with Crippen LogP contribution in [0, 0.1) is 23.4 Å². The second-order valence-electron chi connectivity index (χ2n) is 8.67. The predicted octanol–water partition coefficient (Wildman–Crippen LogP) is 7.85. The molecule has 0 atom stereocenters. The van der Waals surface area contributed by atoms with E-state index in [0.717, 1.165) is 25.7 Å². The van der Waals surface area contributed by atoms with Gasteiger partial charge in [-0.25, -0.2) is 13.6 Å². The van der Waals surface area contributed by atoms with E-state index in [4.69, 9.17) is 9.47 Å². The second-order valence-corrected chi connectivity index (χ2v) is 8.67. The Morgan fingerprint density at radius 1 is 0.914 bits per heavy atom. The maximum Gasteiger partial charge on any atom is 0.343 e. The van der Waals surface area contributed by atoms with Gasteiger partial charge in [0.2, 0.25) is 5.82 Å². The number of hydrogen-bond acceptors (Lipinski definition) is 3. The number of halogens is 3. The molecule has 6 heteroatoms. The minimum atomic E-state index is -1.16. The standard InChI is InChI=1S/C29H27F3O3/c1-3-18-5-7-20(8-6-18)23-14-16-26(28(32)27(23)31)35-29(33)21-11-9-19(10-12-21)22-13-15-25(34-4-2)24(30)17-22/h3,9-18,20H,1,4-8H2,2H3. The van der Waals surface area contributed by atoms with Gasteiger partial charge in [-0.1, -0.05) is 30.3 Å². The van der Waals surface area contributed by atoms with Gasteiger partial charge in [0.25, 0.3) is 0 Å². The molecule has 1 aliphatic carbocycles. The van der Waals surface area contributed by atoms with Gasteiger partial charge in [-0.15, -0.1) is 6.58 Å². The highest BCUT2D eigenvalue weighted by Gasteiger charge is 2.26. The molecule has 0 N–H and O–H groups in total. The van der Waals surface area contributed by atoms with Crippen LogP contribution < -0.4 is 9.47 Å². The van der Waals surface area contributed by atoms with Crippen molar-refractivity contribution < 1.29 is 27.4 Å².